The first-order chi connectivity index (χ1) is 14.1. The van der Waals surface area contributed by atoms with Gasteiger partial charge >= 0.3 is 0 Å². The van der Waals surface area contributed by atoms with Crippen LogP contribution < -0.4 is 10.6 Å². The second-order valence-electron chi connectivity index (χ2n) is 9.23. The van der Waals surface area contributed by atoms with Crippen LogP contribution in [0.2, 0.25) is 0 Å². The molecule has 4 rings (SSSR count). The van der Waals surface area contributed by atoms with Crippen molar-refractivity contribution in [3.8, 4) is 22.7 Å². The van der Waals surface area contributed by atoms with E-state index in [9.17, 15) is 9.50 Å². The minimum Gasteiger partial charge on any atom is -0.507 e. The summed E-state index contributed by atoms with van der Waals surface area (Å²) in [6.45, 7) is 8.84. The molecule has 1 aliphatic rings. The molecule has 3 N–H and O–H groups in total. The van der Waals surface area contributed by atoms with Crippen molar-refractivity contribution in [2.45, 2.75) is 57.7 Å². The monoisotopic (exact) mass is 410 g/mol. The Hall–Kier alpha value is -3.00. The number of hydrogen-bond acceptors (Lipinski definition) is 6. The normalized spacial score (nSPS) is 18.3. The number of benzene rings is 1. The lowest BCUT2D eigenvalue weighted by Crippen LogP contribution is -2.60. The maximum absolute atomic E-state index is 13.2. The Kier molecular flexibility index (Phi) is 4.97. The minimum atomic E-state index is -0.437. The average Bonchev–Trinajstić information content (AvgIpc) is 3.06. The number of aromatic nitrogens is 4. The number of aromatic hydroxyl groups is 1. The Morgan fingerprint density at radius 1 is 1.10 bits per heavy atom. The molecular weight excluding hydrogens is 383 g/mol. The minimum absolute atomic E-state index is 0.0280. The Bertz CT molecular complexity index is 1030. The third-order valence-electron chi connectivity index (χ3n) is 5.27. The van der Waals surface area contributed by atoms with Gasteiger partial charge in [0.1, 0.15) is 11.6 Å². The lowest BCUT2D eigenvalue weighted by Gasteiger charge is -2.46. The summed E-state index contributed by atoms with van der Waals surface area (Å²) in [4.78, 5) is 8.97. The second kappa shape index (κ2) is 7.36. The molecule has 1 saturated heterocycles. The van der Waals surface area contributed by atoms with Gasteiger partial charge in [-0.25, -0.2) is 14.1 Å². The molecule has 1 aromatic carbocycles. The highest BCUT2D eigenvalue weighted by Crippen LogP contribution is 2.32. The van der Waals surface area contributed by atoms with Crippen molar-refractivity contribution >= 4 is 5.82 Å². The molecule has 3 heterocycles. The van der Waals surface area contributed by atoms with Crippen LogP contribution >= 0.6 is 0 Å². The van der Waals surface area contributed by atoms with Gasteiger partial charge in [-0.2, -0.15) is 5.10 Å². The molecule has 2 aromatic heterocycles. The van der Waals surface area contributed by atoms with E-state index in [1.54, 1.807) is 24.5 Å². The molecule has 8 heteroatoms. The zero-order chi connectivity index (χ0) is 21.5. The number of phenols is 1. The van der Waals surface area contributed by atoms with Gasteiger partial charge in [-0.05, 0) is 52.7 Å². The van der Waals surface area contributed by atoms with Crippen LogP contribution in [0.25, 0.3) is 16.9 Å². The summed E-state index contributed by atoms with van der Waals surface area (Å²) in [7, 11) is 0. The highest BCUT2D eigenvalue weighted by atomic mass is 19.1. The van der Waals surface area contributed by atoms with E-state index in [1.807, 2.05) is 0 Å². The summed E-state index contributed by atoms with van der Waals surface area (Å²) in [6.07, 6.45) is 7.66. The van der Waals surface area contributed by atoms with E-state index in [0.29, 0.717) is 28.8 Å². The molecule has 3 aromatic rings. The second-order valence-corrected chi connectivity index (χ2v) is 9.23. The van der Waals surface area contributed by atoms with E-state index < -0.39 is 5.82 Å². The molecule has 0 saturated carbocycles. The van der Waals surface area contributed by atoms with Crippen molar-refractivity contribution in [1.82, 2.24) is 25.1 Å². The van der Waals surface area contributed by atoms with E-state index in [1.165, 1.54) is 16.9 Å². The van der Waals surface area contributed by atoms with E-state index in [4.69, 9.17) is 0 Å². The lowest BCUT2D eigenvalue weighted by molar-refractivity contribution is 0.170. The van der Waals surface area contributed by atoms with E-state index in [2.05, 4.69) is 53.4 Å². The van der Waals surface area contributed by atoms with Crippen LogP contribution in [-0.2, 0) is 0 Å². The number of nitrogens with zero attached hydrogens (tertiary/aromatic N) is 4. The van der Waals surface area contributed by atoms with Crippen LogP contribution in [0, 0.1) is 5.82 Å². The fourth-order valence-electron chi connectivity index (χ4n) is 4.50. The van der Waals surface area contributed by atoms with Gasteiger partial charge in [0.05, 0.1) is 36.2 Å². The van der Waals surface area contributed by atoms with E-state index >= 15 is 0 Å². The summed E-state index contributed by atoms with van der Waals surface area (Å²) in [5, 5.41) is 21.5. The molecule has 0 atom stereocenters. The van der Waals surface area contributed by atoms with Gasteiger partial charge in [0, 0.05) is 28.7 Å². The largest absolute Gasteiger partial charge is 0.507 e. The quantitative estimate of drug-likeness (QED) is 0.605. The van der Waals surface area contributed by atoms with Crippen LogP contribution in [0.15, 0.2) is 43.0 Å². The third kappa shape index (κ3) is 4.43. The highest BCUT2D eigenvalue weighted by molar-refractivity contribution is 5.68. The van der Waals surface area contributed by atoms with Crippen molar-refractivity contribution in [3.63, 3.8) is 0 Å². The van der Waals surface area contributed by atoms with Crippen molar-refractivity contribution in [1.29, 1.82) is 0 Å². The predicted molar refractivity (Wildman–Crippen MR) is 114 cm³/mol. The molecule has 7 nitrogen and oxygen atoms in total. The van der Waals surface area contributed by atoms with Crippen molar-refractivity contribution < 1.29 is 9.50 Å². The summed E-state index contributed by atoms with van der Waals surface area (Å²) in [5.41, 5.74) is 1.75. The maximum atomic E-state index is 13.2. The molecule has 0 unspecified atom stereocenters. The van der Waals surface area contributed by atoms with Crippen LogP contribution in [0.5, 0.6) is 5.75 Å². The SMILES string of the molecule is CC1(C)CC(Nc2cnc(-c3ccc(-n4cc(F)cn4)cc3O)cn2)CC(C)(C)N1. The number of nitrogens with one attached hydrogen (secondary N) is 2. The number of piperidine rings is 1. The highest BCUT2D eigenvalue weighted by Gasteiger charge is 2.37. The van der Waals surface area contributed by atoms with Crippen molar-refractivity contribution in [2.75, 3.05) is 5.32 Å². The van der Waals surface area contributed by atoms with Crippen LogP contribution in [0.3, 0.4) is 0 Å². The summed E-state index contributed by atoms with van der Waals surface area (Å²) < 4.78 is 14.5. The van der Waals surface area contributed by atoms with Gasteiger partial charge in [-0.1, -0.05) is 0 Å². The number of anilines is 1. The lowest BCUT2D eigenvalue weighted by atomic mass is 9.79. The van der Waals surface area contributed by atoms with Gasteiger partial charge in [-0.3, -0.25) is 4.98 Å². The van der Waals surface area contributed by atoms with E-state index in [0.717, 1.165) is 19.0 Å². The van der Waals surface area contributed by atoms with Gasteiger partial charge in [-0.15, -0.1) is 0 Å². The van der Waals surface area contributed by atoms with E-state index in [-0.39, 0.29) is 16.8 Å². The number of halogens is 1. The molecule has 30 heavy (non-hydrogen) atoms. The molecule has 0 aliphatic carbocycles. The van der Waals surface area contributed by atoms with Gasteiger partial charge in [0.15, 0.2) is 5.82 Å². The fourth-order valence-corrected chi connectivity index (χ4v) is 4.50. The van der Waals surface area contributed by atoms with Gasteiger partial charge < -0.3 is 15.7 Å². The fraction of sp³-hybridized carbons (Fsp3) is 0.409. The molecule has 0 radical (unpaired) electrons. The predicted octanol–water partition coefficient (Wildman–Crippen LogP) is 3.90. The zero-order valence-corrected chi connectivity index (χ0v) is 17.6. The number of phenolic OH excluding ortho intramolecular Hbond substituents is 1. The smallest absolute Gasteiger partial charge is 0.161 e. The molecule has 0 spiro atoms. The molecule has 1 aliphatic heterocycles. The molecule has 1 fully saturated rings. The van der Waals surface area contributed by atoms with Crippen molar-refractivity contribution in [3.05, 3.63) is 48.8 Å². The first-order valence-corrected chi connectivity index (χ1v) is 10.0. The van der Waals surface area contributed by atoms with Crippen LogP contribution in [0.1, 0.15) is 40.5 Å². The van der Waals surface area contributed by atoms with Crippen LogP contribution in [0.4, 0.5) is 10.2 Å². The molecule has 0 bridgehead atoms. The van der Waals surface area contributed by atoms with Crippen molar-refractivity contribution in [2.24, 2.45) is 0 Å². The van der Waals surface area contributed by atoms with Crippen LogP contribution in [-0.4, -0.2) is 42.0 Å². The summed E-state index contributed by atoms with van der Waals surface area (Å²) in [5.74, 6) is 0.300. The maximum Gasteiger partial charge on any atom is 0.161 e. The number of rotatable bonds is 4. The Morgan fingerprint density at radius 3 is 2.40 bits per heavy atom. The first kappa shape index (κ1) is 20.3. The zero-order valence-electron chi connectivity index (χ0n) is 17.6. The van der Waals surface area contributed by atoms with Gasteiger partial charge in [0.2, 0.25) is 0 Å². The Morgan fingerprint density at radius 2 is 1.83 bits per heavy atom. The first-order valence-electron chi connectivity index (χ1n) is 10.0. The average molecular weight is 410 g/mol. The summed E-state index contributed by atoms with van der Waals surface area (Å²) >= 11 is 0. The van der Waals surface area contributed by atoms with Gasteiger partial charge in [0.25, 0.3) is 0 Å². The third-order valence-corrected chi connectivity index (χ3v) is 5.27. The Labute approximate surface area is 175 Å². The standard InChI is InChI=1S/C22H27FN6O/c1-21(2)8-15(9-22(3,4)28-21)27-20-12-24-18(11-25-20)17-6-5-16(7-19(17)30)29-13-14(23)10-26-29/h5-7,10-13,15,28,30H,8-9H2,1-4H3,(H,25,27). The molecular formula is C22H27FN6O. The molecule has 0 amide bonds. The molecule has 158 valence electrons. The number of hydrogen-bond donors (Lipinski definition) is 3. The topological polar surface area (TPSA) is 87.9 Å². The Balaban J connectivity index is 1.50. The summed E-state index contributed by atoms with van der Waals surface area (Å²) in [6, 6.07) is 5.28.